The number of oxazole rings is 1. The second-order valence-corrected chi connectivity index (χ2v) is 4.33. The van der Waals surface area contributed by atoms with E-state index < -0.39 is 0 Å². The summed E-state index contributed by atoms with van der Waals surface area (Å²) >= 11 is 3.38. The van der Waals surface area contributed by atoms with Gasteiger partial charge in [-0.2, -0.15) is 0 Å². The molecule has 0 aromatic carbocycles. The van der Waals surface area contributed by atoms with E-state index in [1.165, 1.54) is 6.39 Å². The number of nitrogens with zero attached hydrogens (tertiary/aromatic N) is 1. The van der Waals surface area contributed by atoms with Gasteiger partial charge in [0.15, 0.2) is 6.39 Å². The number of carbonyl (C=O) groups excluding carboxylic acids is 1. The van der Waals surface area contributed by atoms with Gasteiger partial charge in [0.05, 0.1) is 5.69 Å². The van der Waals surface area contributed by atoms with Crippen LogP contribution in [-0.2, 0) is 0 Å². The normalized spacial score (nSPS) is 14.7. The van der Waals surface area contributed by atoms with Gasteiger partial charge in [0.1, 0.15) is 0 Å². The number of nitrogens with one attached hydrogen (secondary N) is 1. The van der Waals surface area contributed by atoms with Crippen LogP contribution in [0.3, 0.4) is 0 Å². The maximum Gasteiger partial charge on any atom is 0.289 e. The number of aryl methyl sites for hydroxylation is 1. The molecule has 1 aromatic rings. The number of aromatic nitrogens is 1. The third-order valence-electron chi connectivity index (χ3n) is 2.44. The average Bonchev–Trinajstić information content (AvgIpc) is 2.64. The van der Waals surface area contributed by atoms with Crippen LogP contribution in [0, 0.1) is 6.92 Å². The number of hydrogen-bond donors (Lipinski definition) is 1. The molecule has 0 spiro atoms. The van der Waals surface area contributed by atoms with Gasteiger partial charge >= 0.3 is 0 Å². The number of alkyl halides is 1. The molecule has 0 saturated carbocycles. The molecule has 1 aromatic heterocycles. The van der Waals surface area contributed by atoms with E-state index in [1.54, 1.807) is 6.92 Å². The fourth-order valence-corrected chi connectivity index (χ4v) is 1.60. The highest BCUT2D eigenvalue weighted by atomic mass is 79.9. The van der Waals surface area contributed by atoms with Crippen molar-refractivity contribution in [2.75, 3.05) is 5.33 Å². The smallest absolute Gasteiger partial charge is 0.289 e. The zero-order valence-corrected chi connectivity index (χ0v) is 10.7. The second-order valence-electron chi connectivity index (χ2n) is 3.77. The summed E-state index contributed by atoms with van der Waals surface area (Å²) in [6, 6.07) is 0. The maximum atomic E-state index is 11.8. The fraction of sp³-hybridized carbons (Fsp3) is 0.600. The molecule has 0 aliphatic heterocycles. The van der Waals surface area contributed by atoms with E-state index in [-0.39, 0.29) is 17.2 Å². The van der Waals surface area contributed by atoms with Gasteiger partial charge in [-0.3, -0.25) is 4.79 Å². The minimum atomic E-state index is -0.254. The molecule has 0 bridgehead atoms. The Hall–Kier alpha value is -0.840. The van der Waals surface area contributed by atoms with Crippen molar-refractivity contribution in [1.82, 2.24) is 10.3 Å². The fourth-order valence-electron chi connectivity index (χ4n) is 1.07. The molecule has 1 atom stereocenters. The van der Waals surface area contributed by atoms with E-state index in [2.05, 4.69) is 26.2 Å². The lowest BCUT2D eigenvalue weighted by Gasteiger charge is -2.26. The van der Waals surface area contributed by atoms with Crippen LogP contribution in [-0.4, -0.2) is 21.8 Å². The quantitative estimate of drug-likeness (QED) is 0.858. The molecule has 1 heterocycles. The monoisotopic (exact) mass is 274 g/mol. The Morgan fingerprint density at radius 2 is 2.40 bits per heavy atom. The molecule has 84 valence electrons. The first-order valence-corrected chi connectivity index (χ1v) is 5.93. The molecule has 0 saturated heterocycles. The van der Waals surface area contributed by atoms with E-state index >= 15 is 0 Å². The zero-order chi connectivity index (χ0) is 11.5. The van der Waals surface area contributed by atoms with Gasteiger partial charge in [-0.15, -0.1) is 0 Å². The Bertz CT molecular complexity index is 345. The molecular formula is C10H15BrN2O2. The van der Waals surface area contributed by atoms with Crippen LogP contribution >= 0.6 is 15.9 Å². The highest BCUT2D eigenvalue weighted by molar-refractivity contribution is 9.09. The number of amides is 1. The van der Waals surface area contributed by atoms with Crippen molar-refractivity contribution in [3.8, 4) is 0 Å². The van der Waals surface area contributed by atoms with Gasteiger partial charge in [0.2, 0.25) is 5.76 Å². The molecule has 15 heavy (non-hydrogen) atoms. The molecule has 0 aliphatic carbocycles. The van der Waals surface area contributed by atoms with Crippen LogP contribution in [0.5, 0.6) is 0 Å². The Labute approximate surface area is 97.6 Å². The lowest BCUT2D eigenvalue weighted by Crippen LogP contribution is -2.47. The van der Waals surface area contributed by atoms with Gasteiger partial charge < -0.3 is 9.73 Å². The molecular weight excluding hydrogens is 260 g/mol. The predicted octanol–water partition coefficient (Wildman–Crippen LogP) is 2.28. The SMILES string of the molecule is CCC(C)(CBr)NC(=O)c1ocnc1C. The van der Waals surface area contributed by atoms with Crippen molar-refractivity contribution in [2.45, 2.75) is 32.7 Å². The lowest BCUT2D eigenvalue weighted by molar-refractivity contribution is 0.0884. The summed E-state index contributed by atoms with van der Waals surface area (Å²) in [6.45, 7) is 5.75. The molecule has 5 heteroatoms. The van der Waals surface area contributed by atoms with E-state index in [9.17, 15) is 4.79 Å². The van der Waals surface area contributed by atoms with Crippen molar-refractivity contribution >= 4 is 21.8 Å². The molecule has 1 amide bonds. The summed E-state index contributed by atoms with van der Waals surface area (Å²) in [6.07, 6.45) is 2.12. The summed E-state index contributed by atoms with van der Waals surface area (Å²) < 4.78 is 5.02. The first kappa shape index (κ1) is 12.2. The third-order valence-corrected chi connectivity index (χ3v) is 3.68. The summed E-state index contributed by atoms with van der Waals surface area (Å²) in [5, 5.41) is 3.62. The van der Waals surface area contributed by atoms with Gasteiger partial charge in [-0.25, -0.2) is 4.98 Å². The molecule has 1 N–H and O–H groups in total. The van der Waals surface area contributed by atoms with Crippen LogP contribution < -0.4 is 5.32 Å². The molecule has 1 rings (SSSR count). The average molecular weight is 275 g/mol. The largest absolute Gasteiger partial charge is 0.438 e. The highest BCUT2D eigenvalue weighted by Crippen LogP contribution is 2.14. The van der Waals surface area contributed by atoms with E-state index in [0.717, 1.165) is 6.42 Å². The van der Waals surface area contributed by atoms with Gasteiger partial charge in [0, 0.05) is 10.9 Å². The molecule has 4 nitrogen and oxygen atoms in total. The Morgan fingerprint density at radius 1 is 1.73 bits per heavy atom. The van der Waals surface area contributed by atoms with Crippen molar-refractivity contribution in [3.05, 3.63) is 17.8 Å². The topological polar surface area (TPSA) is 55.1 Å². The first-order chi connectivity index (χ1) is 7.02. The molecule has 1 unspecified atom stereocenters. The van der Waals surface area contributed by atoms with Crippen LogP contribution in [0.2, 0.25) is 0 Å². The van der Waals surface area contributed by atoms with Crippen molar-refractivity contribution in [3.63, 3.8) is 0 Å². The Morgan fingerprint density at radius 3 is 2.80 bits per heavy atom. The van der Waals surface area contributed by atoms with Gasteiger partial charge in [-0.05, 0) is 20.3 Å². The zero-order valence-electron chi connectivity index (χ0n) is 9.13. The number of hydrogen-bond acceptors (Lipinski definition) is 3. The minimum absolute atomic E-state index is 0.214. The van der Waals surface area contributed by atoms with Crippen LogP contribution in [0.1, 0.15) is 36.5 Å². The van der Waals surface area contributed by atoms with Crippen molar-refractivity contribution in [1.29, 1.82) is 0 Å². The highest BCUT2D eigenvalue weighted by Gasteiger charge is 2.25. The van der Waals surface area contributed by atoms with Crippen molar-refractivity contribution < 1.29 is 9.21 Å². The Balaban J connectivity index is 2.76. The van der Waals surface area contributed by atoms with Crippen LogP contribution in [0.15, 0.2) is 10.8 Å². The minimum Gasteiger partial charge on any atom is -0.438 e. The van der Waals surface area contributed by atoms with Crippen molar-refractivity contribution in [2.24, 2.45) is 0 Å². The van der Waals surface area contributed by atoms with E-state index in [1.807, 2.05) is 13.8 Å². The molecule has 0 radical (unpaired) electrons. The van der Waals surface area contributed by atoms with Crippen LogP contribution in [0.4, 0.5) is 0 Å². The number of rotatable bonds is 4. The standard InChI is InChI=1S/C10H15BrN2O2/c1-4-10(3,5-11)13-9(14)8-7(2)12-6-15-8/h6H,4-5H2,1-3H3,(H,13,14). The summed E-state index contributed by atoms with van der Waals surface area (Å²) in [5.74, 6) is 0.0735. The van der Waals surface area contributed by atoms with E-state index in [4.69, 9.17) is 4.42 Å². The number of halogens is 1. The first-order valence-electron chi connectivity index (χ1n) is 4.81. The summed E-state index contributed by atoms with van der Waals surface area (Å²) in [4.78, 5) is 15.7. The van der Waals surface area contributed by atoms with Crippen LogP contribution in [0.25, 0.3) is 0 Å². The Kier molecular flexibility index (Phi) is 3.90. The molecule has 0 fully saturated rings. The van der Waals surface area contributed by atoms with Gasteiger partial charge in [0.25, 0.3) is 5.91 Å². The van der Waals surface area contributed by atoms with Gasteiger partial charge in [-0.1, -0.05) is 22.9 Å². The predicted molar refractivity (Wildman–Crippen MR) is 61.2 cm³/mol. The summed E-state index contributed by atoms with van der Waals surface area (Å²) in [5.41, 5.74) is 0.358. The summed E-state index contributed by atoms with van der Waals surface area (Å²) in [7, 11) is 0. The number of carbonyl (C=O) groups is 1. The maximum absolute atomic E-state index is 11.8. The second kappa shape index (κ2) is 4.79. The molecule has 0 aliphatic rings. The van der Waals surface area contributed by atoms with E-state index in [0.29, 0.717) is 11.0 Å². The lowest BCUT2D eigenvalue weighted by atomic mass is 10.0. The third kappa shape index (κ3) is 2.81.